The summed E-state index contributed by atoms with van der Waals surface area (Å²) in [5.41, 5.74) is 2.06. The average Bonchev–Trinajstić information content (AvgIpc) is 3.89. The number of phenols is 2. The topological polar surface area (TPSA) is 223 Å². The maximum Gasteiger partial charge on any atom is 0.204 e. The third kappa shape index (κ3) is 8.54. The summed E-state index contributed by atoms with van der Waals surface area (Å²) in [5, 5.41) is 63.5. The highest BCUT2D eigenvalue weighted by molar-refractivity contribution is 5.57. The Bertz CT molecular complexity index is 2020. The molecular weight excluding hydrogens is 788 g/mol. The zero-order valence-electron chi connectivity index (χ0n) is 34.3. The summed E-state index contributed by atoms with van der Waals surface area (Å²) < 4.78 is 63.8. The summed E-state index contributed by atoms with van der Waals surface area (Å²) in [7, 11) is 9.96. The van der Waals surface area contributed by atoms with Crippen molar-refractivity contribution in [2.45, 2.75) is 36.6 Å². The number of aliphatic hydroxyl groups is 4. The molecule has 0 saturated carbocycles. The van der Waals surface area contributed by atoms with Gasteiger partial charge in [-0.1, -0.05) is 6.07 Å². The van der Waals surface area contributed by atoms with Crippen molar-refractivity contribution in [2.24, 2.45) is 11.8 Å². The first-order valence-electron chi connectivity index (χ1n) is 19.0. The molecule has 2 aliphatic heterocycles. The van der Waals surface area contributed by atoms with Gasteiger partial charge in [-0.3, -0.25) is 0 Å². The quantitative estimate of drug-likeness (QED) is 0.0779. The molecule has 0 unspecified atom stereocenters. The highest BCUT2D eigenvalue weighted by Crippen LogP contribution is 2.54. The molecule has 0 amide bonds. The van der Waals surface area contributed by atoms with Crippen LogP contribution in [-0.4, -0.2) is 119 Å². The van der Waals surface area contributed by atoms with E-state index in [1.165, 1.54) is 80.1 Å². The number of aromatic hydroxyl groups is 2. The molecule has 0 radical (unpaired) electrons. The van der Waals surface area contributed by atoms with Crippen molar-refractivity contribution in [3.8, 4) is 63.2 Å². The number of methoxy groups -OCH3 is 7. The lowest BCUT2D eigenvalue weighted by Gasteiger charge is -2.26. The zero-order valence-corrected chi connectivity index (χ0v) is 34.3. The summed E-state index contributed by atoms with van der Waals surface area (Å²) >= 11 is 0. The molecule has 6 N–H and O–H groups in total. The predicted molar refractivity (Wildman–Crippen MR) is 212 cm³/mol. The summed E-state index contributed by atoms with van der Waals surface area (Å²) in [6.45, 7) is -0.473. The number of phenolic OH excluding ortho intramolecular Hbond substituents is 2. The third-order valence-corrected chi connectivity index (χ3v) is 10.9. The van der Waals surface area contributed by atoms with Gasteiger partial charge in [0.25, 0.3) is 0 Å². The minimum absolute atomic E-state index is 0.0638. The summed E-state index contributed by atoms with van der Waals surface area (Å²) in [4.78, 5) is 0. The van der Waals surface area contributed by atoms with Crippen LogP contribution in [0.4, 0.5) is 0 Å². The Morgan fingerprint density at radius 1 is 0.517 bits per heavy atom. The van der Waals surface area contributed by atoms with Crippen molar-refractivity contribution in [3.63, 3.8) is 0 Å². The molecule has 0 aliphatic carbocycles. The van der Waals surface area contributed by atoms with Gasteiger partial charge >= 0.3 is 0 Å². The first-order valence-corrected chi connectivity index (χ1v) is 19.0. The van der Waals surface area contributed by atoms with E-state index in [1.54, 1.807) is 24.3 Å². The maximum absolute atomic E-state index is 11.3. The molecular formula is C43H52O17. The third-order valence-electron chi connectivity index (χ3n) is 10.9. The van der Waals surface area contributed by atoms with Crippen LogP contribution in [0.2, 0.25) is 0 Å². The van der Waals surface area contributed by atoms with E-state index in [4.69, 9.17) is 52.1 Å². The predicted octanol–water partition coefficient (Wildman–Crippen LogP) is 4.18. The smallest absolute Gasteiger partial charge is 0.204 e. The molecule has 0 spiro atoms. The fourth-order valence-electron chi connectivity index (χ4n) is 7.69. The molecule has 17 nitrogen and oxygen atoms in total. The Hall–Kier alpha value is -5.56. The number of ether oxygens (including phenoxy) is 11. The number of fused-ring (bicyclic) bond motifs is 1. The first-order chi connectivity index (χ1) is 29.0. The van der Waals surface area contributed by atoms with Gasteiger partial charge in [-0.2, -0.15) is 0 Å². The van der Waals surface area contributed by atoms with Crippen LogP contribution < -0.4 is 42.6 Å². The van der Waals surface area contributed by atoms with Crippen molar-refractivity contribution in [2.75, 3.05) is 76.2 Å². The van der Waals surface area contributed by atoms with Gasteiger partial charge in [-0.05, 0) is 70.8 Å². The molecule has 2 saturated heterocycles. The fraction of sp³-hybridized carbons (Fsp3) is 0.442. The normalized spacial score (nSPS) is 20.3. The van der Waals surface area contributed by atoms with Crippen LogP contribution in [0.5, 0.6) is 63.2 Å². The second kappa shape index (κ2) is 19.2. The lowest BCUT2D eigenvalue weighted by molar-refractivity contribution is -0.00211. The van der Waals surface area contributed by atoms with Crippen molar-refractivity contribution in [1.82, 2.24) is 0 Å². The summed E-state index contributed by atoms with van der Waals surface area (Å²) in [5.74, 6) is 1.10. The second-order valence-electron chi connectivity index (χ2n) is 14.1. The first kappa shape index (κ1) is 44.0. The molecule has 0 aromatic heterocycles. The van der Waals surface area contributed by atoms with Gasteiger partial charge in [0.2, 0.25) is 17.2 Å². The van der Waals surface area contributed by atoms with Gasteiger partial charge in [0.05, 0.1) is 88.4 Å². The van der Waals surface area contributed by atoms with Crippen LogP contribution in [0.15, 0.2) is 54.6 Å². The Labute approximate surface area is 347 Å². The van der Waals surface area contributed by atoms with Gasteiger partial charge in [0, 0.05) is 11.8 Å². The molecule has 326 valence electrons. The van der Waals surface area contributed by atoms with E-state index >= 15 is 0 Å². The van der Waals surface area contributed by atoms with Crippen LogP contribution in [0, 0.1) is 11.8 Å². The van der Waals surface area contributed by atoms with E-state index in [0.717, 1.165) is 11.1 Å². The van der Waals surface area contributed by atoms with Crippen molar-refractivity contribution < 1.29 is 82.7 Å². The summed E-state index contributed by atoms with van der Waals surface area (Å²) in [6.07, 6.45) is -5.94. The molecule has 4 aromatic carbocycles. The van der Waals surface area contributed by atoms with E-state index in [-0.39, 0.29) is 80.6 Å². The molecule has 4 aromatic rings. The van der Waals surface area contributed by atoms with E-state index in [2.05, 4.69) is 0 Å². The fourth-order valence-corrected chi connectivity index (χ4v) is 7.69. The zero-order chi connectivity index (χ0) is 43.2. The Kier molecular flexibility index (Phi) is 14.1. The summed E-state index contributed by atoms with van der Waals surface area (Å²) in [6, 6.07) is 14.2. The Morgan fingerprint density at radius 3 is 1.25 bits per heavy atom. The molecule has 2 heterocycles. The number of hydrogen-bond donors (Lipinski definition) is 6. The average molecular weight is 841 g/mol. The van der Waals surface area contributed by atoms with Crippen molar-refractivity contribution >= 4 is 0 Å². The van der Waals surface area contributed by atoms with E-state index < -0.39 is 49.8 Å². The molecule has 0 bridgehead atoms. The second-order valence-corrected chi connectivity index (χ2v) is 14.1. The Balaban J connectivity index is 1.22. The highest BCUT2D eigenvalue weighted by atomic mass is 16.6. The van der Waals surface area contributed by atoms with Crippen LogP contribution in [0.1, 0.15) is 46.7 Å². The standard InChI is InChI=1S/C43H52O17/c1-50-28-10-21(8-9-27(28)46)37(47)35(17-44)59-42-31(53-4)13-23(14-32(42)54-5)40-25-19-58-41(26(25)20-57-40)24-15-33(55-6)43(34(16-24)56-7)60-36(18-45)38(48)22-11-29(51-2)39(49)30(12-22)52-3/h8-16,25-26,35-38,40-41,44-49H,17-20H2,1-7H3/t25-,26-,35-,36-,37+,38+,40+,41+/m1/s1. The monoisotopic (exact) mass is 840 g/mol. The van der Waals surface area contributed by atoms with Gasteiger partial charge in [0.15, 0.2) is 58.2 Å². The molecule has 2 fully saturated rings. The van der Waals surface area contributed by atoms with Crippen LogP contribution in [0.3, 0.4) is 0 Å². The van der Waals surface area contributed by atoms with Gasteiger partial charge in [-0.25, -0.2) is 0 Å². The lowest BCUT2D eigenvalue weighted by Crippen LogP contribution is -2.29. The van der Waals surface area contributed by atoms with Gasteiger partial charge in [0.1, 0.15) is 12.2 Å². The van der Waals surface area contributed by atoms with E-state index in [9.17, 15) is 30.6 Å². The minimum atomic E-state index is -1.39. The molecule has 2 aliphatic rings. The number of rotatable bonds is 19. The molecule has 60 heavy (non-hydrogen) atoms. The maximum atomic E-state index is 11.3. The molecule has 6 rings (SSSR count). The molecule has 17 heteroatoms. The van der Waals surface area contributed by atoms with Crippen molar-refractivity contribution in [1.29, 1.82) is 0 Å². The van der Waals surface area contributed by atoms with E-state index in [1.807, 2.05) is 0 Å². The highest BCUT2D eigenvalue weighted by Gasteiger charge is 2.49. The van der Waals surface area contributed by atoms with E-state index in [0.29, 0.717) is 18.8 Å². The minimum Gasteiger partial charge on any atom is -0.504 e. The number of hydrogen-bond acceptors (Lipinski definition) is 17. The van der Waals surface area contributed by atoms with Crippen LogP contribution in [-0.2, 0) is 9.47 Å². The number of benzene rings is 4. The molecule has 8 atom stereocenters. The van der Waals surface area contributed by atoms with Crippen molar-refractivity contribution in [3.05, 3.63) is 76.9 Å². The lowest BCUT2D eigenvalue weighted by atomic mass is 9.84. The van der Waals surface area contributed by atoms with Crippen LogP contribution >= 0.6 is 0 Å². The van der Waals surface area contributed by atoms with Crippen LogP contribution in [0.25, 0.3) is 0 Å². The van der Waals surface area contributed by atoms with Gasteiger partial charge in [-0.15, -0.1) is 0 Å². The van der Waals surface area contributed by atoms with Gasteiger partial charge < -0.3 is 82.7 Å². The Morgan fingerprint density at radius 2 is 0.883 bits per heavy atom. The largest absolute Gasteiger partial charge is 0.504 e. The SMILES string of the molecule is COc1cc([C@H](O)[C@@H](CO)Oc2c(OC)cc([C@@H]3OC[C@@H]4[C@H]3CO[C@H]4c3cc(OC)c(O[C@H](CO)[C@@H](O)c4cc(OC)c(O)c(OC)c4)c(OC)c3)cc2OC)ccc1O. The number of aliphatic hydroxyl groups excluding tert-OH is 4.